The van der Waals surface area contributed by atoms with Gasteiger partial charge in [0.05, 0.1) is 0 Å². The van der Waals surface area contributed by atoms with Gasteiger partial charge in [-0.05, 0) is 61.9 Å². The minimum atomic E-state index is -0.245. The Morgan fingerprint density at radius 3 is 2.34 bits per heavy atom. The van der Waals surface area contributed by atoms with E-state index in [1.807, 2.05) is 28.1 Å². The highest BCUT2D eigenvalue weighted by atomic mass is 16.2. The Hall–Kier alpha value is -2.97. The standard InChI is InChI=1S/C27H36N6O2/c1-19-5-3-7-25(20(19)2)31-13-15-33(16-14-31)26(34)21-8-11-32(12-9-21)27(35)24-17-23(29-30-24)22-6-4-10-28-18-22/h3-7,10,18,21,23-24,29-30H,8-9,11-17H2,1-2H3. The summed E-state index contributed by atoms with van der Waals surface area (Å²) in [5.41, 5.74) is 11.4. The fourth-order valence-electron chi connectivity index (χ4n) is 5.59. The van der Waals surface area contributed by atoms with Crippen LogP contribution in [0.15, 0.2) is 42.7 Å². The number of hydrazine groups is 1. The number of pyridine rings is 1. The summed E-state index contributed by atoms with van der Waals surface area (Å²) in [6.45, 7) is 8.87. The van der Waals surface area contributed by atoms with Crippen LogP contribution in [0, 0.1) is 19.8 Å². The molecular weight excluding hydrogens is 440 g/mol. The normalized spacial score (nSPS) is 23.5. The molecule has 35 heavy (non-hydrogen) atoms. The van der Waals surface area contributed by atoms with E-state index in [2.05, 4.69) is 52.8 Å². The SMILES string of the molecule is Cc1cccc(N2CCN(C(=O)C3CCN(C(=O)C4CC(c5cccnc5)NN4)CC3)CC2)c1C. The van der Waals surface area contributed by atoms with Crippen molar-refractivity contribution in [2.24, 2.45) is 5.92 Å². The van der Waals surface area contributed by atoms with Gasteiger partial charge in [0.1, 0.15) is 6.04 Å². The van der Waals surface area contributed by atoms with Crippen molar-refractivity contribution in [3.05, 3.63) is 59.4 Å². The molecule has 186 valence electrons. The minimum absolute atomic E-state index is 0.0177. The van der Waals surface area contributed by atoms with E-state index in [4.69, 9.17) is 0 Å². The Bertz CT molecular complexity index is 1040. The number of nitrogens with zero attached hydrogens (tertiary/aromatic N) is 4. The zero-order valence-electron chi connectivity index (χ0n) is 20.7. The van der Waals surface area contributed by atoms with Gasteiger partial charge in [-0.1, -0.05) is 18.2 Å². The third-order valence-electron chi connectivity index (χ3n) is 7.95. The van der Waals surface area contributed by atoms with Crippen molar-refractivity contribution in [3.63, 3.8) is 0 Å². The number of carbonyl (C=O) groups is 2. The molecule has 3 saturated heterocycles. The van der Waals surface area contributed by atoms with Crippen molar-refractivity contribution in [1.82, 2.24) is 25.6 Å². The predicted molar refractivity (Wildman–Crippen MR) is 136 cm³/mol. The average Bonchev–Trinajstić information content (AvgIpc) is 3.41. The Balaban J connectivity index is 1.09. The van der Waals surface area contributed by atoms with Crippen LogP contribution >= 0.6 is 0 Å². The molecule has 3 aliphatic heterocycles. The fraction of sp³-hybridized carbons (Fsp3) is 0.519. The Labute approximate surface area is 207 Å². The third-order valence-corrected chi connectivity index (χ3v) is 7.95. The van der Waals surface area contributed by atoms with Gasteiger partial charge < -0.3 is 14.7 Å². The van der Waals surface area contributed by atoms with Crippen molar-refractivity contribution < 1.29 is 9.59 Å². The van der Waals surface area contributed by atoms with Crippen molar-refractivity contribution >= 4 is 17.5 Å². The summed E-state index contributed by atoms with van der Waals surface area (Å²) in [7, 11) is 0. The summed E-state index contributed by atoms with van der Waals surface area (Å²) in [5.74, 6) is 0.399. The van der Waals surface area contributed by atoms with Crippen LogP contribution in [0.5, 0.6) is 0 Å². The van der Waals surface area contributed by atoms with Gasteiger partial charge in [0.2, 0.25) is 11.8 Å². The van der Waals surface area contributed by atoms with Gasteiger partial charge in [-0.3, -0.25) is 14.6 Å². The second-order valence-corrected chi connectivity index (χ2v) is 10.0. The van der Waals surface area contributed by atoms with E-state index in [9.17, 15) is 9.59 Å². The molecule has 3 fully saturated rings. The number of amides is 2. The lowest BCUT2D eigenvalue weighted by atomic mass is 9.94. The minimum Gasteiger partial charge on any atom is -0.368 e. The molecule has 2 atom stereocenters. The molecule has 1 aromatic carbocycles. The number of aryl methyl sites for hydroxylation is 1. The first kappa shape index (κ1) is 23.8. The fourth-order valence-corrected chi connectivity index (χ4v) is 5.59. The van der Waals surface area contributed by atoms with Crippen LogP contribution < -0.4 is 15.8 Å². The summed E-state index contributed by atoms with van der Waals surface area (Å²) < 4.78 is 0. The van der Waals surface area contributed by atoms with Crippen LogP contribution in [0.25, 0.3) is 0 Å². The molecule has 8 nitrogen and oxygen atoms in total. The second-order valence-electron chi connectivity index (χ2n) is 10.0. The van der Waals surface area contributed by atoms with Crippen molar-refractivity contribution in [3.8, 4) is 0 Å². The van der Waals surface area contributed by atoms with Gasteiger partial charge >= 0.3 is 0 Å². The van der Waals surface area contributed by atoms with Gasteiger partial charge in [-0.25, -0.2) is 10.9 Å². The maximum absolute atomic E-state index is 13.2. The maximum Gasteiger partial charge on any atom is 0.241 e. The zero-order chi connectivity index (χ0) is 24.4. The van der Waals surface area contributed by atoms with Crippen molar-refractivity contribution in [2.45, 2.75) is 45.2 Å². The van der Waals surface area contributed by atoms with Gasteiger partial charge in [-0.15, -0.1) is 0 Å². The number of anilines is 1. The number of piperazine rings is 1. The summed E-state index contributed by atoms with van der Waals surface area (Å²) in [4.78, 5) is 36.8. The van der Waals surface area contributed by atoms with E-state index < -0.39 is 0 Å². The van der Waals surface area contributed by atoms with Crippen LogP contribution in [-0.2, 0) is 9.59 Å². The quantitative estimate of drug-likeness (QED) is 0.704. The number of carbonyl (C=O) groups excluding carboxylic acids is 2. The van der Waals surface area contributed by atoms with Crippen LogP contribution in [0.1, 0.15) is 42.0 Å². The second kappa shape index (κ2) is 10.3. The lowest BCUT2D eigenvalue weighted by Crippen LogP contribution is -2.53. The first-order valence-corrected chi connectivity index (χ1v) is 12.8. The van der Waals surface area contributed by atoms with Crippen molar-refractivity contribution in [1.29, 1.82) is 0 Å². The smallest absolute Gasteiger partial charge is 0.241 e. The number of hydrogen-bond acceptors (Lipinski definition) is 6. The molecular formula is C27H36N6O2. The van der Waals surface area contributed by atoms with Crippen LogP contribution in [-0.4, -0.2) is 71.9 Å². The molecule has 2 aromatic rings. The molecule has 4 heterocycles. The van der Waals surface area contributed by atoms with E-state index in [-0.39, 0.29) is 29.8 Å². The van der Waals surface area contributed by atoms with Crippen LogP contribution in [0.2, 0.25) is 0 Å². The summed E-state index contributed by atoms with van der Waals surface area (Å²) in [6.07, 6.45) is 5.78. The van der Waals surface area contributed by atoms with Crippen LogP contribution in [0.4, 0.5) is 5.69 Å². The molecule has 1 aromatic heterocycles. The van der Waals surface area contributed by atoms with Gasteiger partial charge in [-0.2, -0.15) is 0 Å². The molecule has 0 bridgehead atoms. The highest BCUT2D eigenvalue weighted by Crippen LogP contribution is 2.27. The number of aromatic nitrogens is 1. The molecule has 0 saturated carbocycles. The van der Waals surface area contributed by atoms with Crippen molar-refractivity contribution in [2.75, 3.05) is 44.2 Å². The maximum atomic E-state index is 13.2. The topological polar surface area (TPSA) is 80.8 Å². The lowest BCUT2D eigenvalue weighted by molar-refractivity contribution is -0.141. The van der Waals surface area contributed by atoms with E-state index in [0.717, 1.165) is 44.6 Å². The molecule has 2 amide bonds. The number of benzene rings is 1. The Kier molecular flexibility index (Phi) is 7.02. The Morgan fingerprint density at radius 2 is 1.63 bits per heavy atom. The number of hydrogen-bond donors (Lipinski definition) is 2. The number of rotatable bonds is 4. The van der Waals surface area contributed by atoms with Gasteiger partial charge in [0.25, 0.3) is 0 Å². The molecule has 3 aliphatic rings. The van der Waals surface area contributed by atoms with Gasteiger partial charge in [0.15, 0.2) is 0 Å². The monoisotopic (exact) mass is 476 g/mol. The lowest BCUT2D eigenvalue weighted by Gasteiger charge is -2.40. The van der Waals surface area contributed by atoms with E-state index in [1.165, 1.54) is 16.8 Å². The molecule has 0 radical (unpaired) electrons. The van der Waals surface area contributed by atoms with E-state index in [1.54, 1.807) is 6.20 Å². The molecule has 2 N–H and O–H groups in total. The molecule has 8 heteroatoms. The molecule has 5 rings (SSSR count). The number of piperidine rings is 1. The Morgan fingerprint density at radius 1 is 0.886 bits per heavy atom. The van der Waals surface area contributed by atoms with E-state index >= 15 is 0 Å². The number of likely N-dealkylation sites (tertiary alicyclic amines) is 1. The first-order chi connectivity index (χ1) is 17.0. The van der Waals surface area contributed by atoms with Gasteiger partial charge in [0, 0.05) is 69.3 Å². The summed E-state index contributed by atoms with van der Waals surface area (Å²) >= 11 is 0. The molecule has 0 aliphatic carbocycles. The highest BCUT2D eigenvalue weighted by molar-refractivity contribution is 5.83. The molecule has 0 spiro atoms. The first-order valence-electron chi connectivity index (χ1n) is 12.8. The molecule has 2 unspecified atom stereocenters. The largest absolute Gasteiger partial charge is 0.368 e. The average molecular weight is 477 g/mol. The summed E-state index contributed by atoms with van der Waals surface area (Å²) in [5, 5.41) is 0. The highest BCUT2D eigenvalue weighted by Gasteiger charge is 2.36. The zero-order valence-corrected chi connectivity index (χ0v) is 20.7. The van der Waals surface area contributed by atoms with Crippen LogP contribution in [0.3, 0.4) is 0 Å². The van der Waals surface area contributed by atoms with E-state index in [0.29, 0.717) is 19.5 Å². The summed E-state index contributed by atoms with van der Waals surface area (Å²) in [6, 6.07) is 10.2. The third kappa shape index (κ3) is 5.04. The number of nitrogens with one attached hydrogen (secondary N) is 2. The predicted octanol–water partition coefficient (Wildman–Crippen LogP) is 2.19.